The minimum atomic E-state index is -0.318. The van der Waals surface area contributed by atoms with E-state index in [9.17, 15) is 9.18 Å². The van der Waals surface area contributed by atoms with E-state index in [1.54, 1.807) is 48.1 Å². The normalized spacial score (nSPS) is 10.9. The Balaban J connectivity index is 1.80. The van der Waals surface area contributed by atoms with Crippen molar-refractivity contribution in [1.82, 2.24) is 25.1 Å². The number of benzene rings is 2. The first kappa shape index (κ1) is 18.5. The number of hydrogen-bond acceptors (Lipinski definition) is 5. The van der Waals surface area contributed by atoms with Crippen LogP contribution in [0, 0.1) is 12.7 Å². The van der Waals surface area contributed by atoms with E-state index in [1.165, 1.54) is 12.1 Å². The summed E-state index contributed by atoms with van der Waals surface area (Å²) in [5, 5.41) is 10.3. The van der Waals surface area contributed by atoms with Crippen LogP contribution in [0.3, 0.4) is 0 Å². The molecule has 0 saturated carbocycles. The second-order valence-corrected chi connectivity index (χ2v) is 6.59. The van der Waals surface area contributed by atoms with Gasteiger partial charge < -0.3 is 10.6 Å². The van der Waals surface area contributed by atoms with Crippen molar-refractivity contribution in [2.45, 2.75) is 6.92 Å². The molecule has 146 valence electrons. The lowest BCUT2D eigenvalue weighted by Gasteiger charge is -2.11. The fourth-order valence-electron chi connectivity index (χ4n) is 3.14. The van der Waals surface area contributed by atoms with E-state index < -0.39 is 0 Å². The first-order chi connectivity index (χ1) is 14.0. The first-order valence-corrected chi connectivity index (χ1v) is 9.02. The summed E-state index contributed by atoms with van der Waals surface area (Å²) in [7, 11) is 3.42. The summed E-state index contributed by atoms with van der Waals surface area (Å²) in [5.41, 5.74) is 4.27. The van der Waals surface area contributed by atoms with Crippen molar-refractivity contribution in [2.75, 3.05) is 12.4 Å². The summed E-state index contributed by atoms with van der Waals surface area (Å²) >= 11 is 0. The monoisotopic (exact) mass is 390 g/mol. The number of fused-ring (bicyclic) bond motifs is 1. The van der Waals surface area contributed by atoms with E-state index in [1.807, 2.05) is 14.0 Å². The van der Waals surface area contributed by atoms with Crippen LogP contribution < -0.4 is 10.6 Å². The minimum Gasteiger partial charge on any atom is -0.355 e. The highest BCUT2D eigenvalue weighted by Crippen LogP contribution is 2.29. The van der Waals surface area contributed by atoms with Crippen molar-refractivity contribution >= 4 is 28.4 Å². The summed E-state index contributed by atoms with van der Waals surface area (Å²) in [6.07, 6.45) is 0. The molecule has 0 aliphatic rings. The molecule has 0 saturated heterocycles. The zero-order valence-electron chi connectivity index (χ0n) is 16.2. The summed E-state index contributed by atoms with van der Waals surface area (Å²) in [6, 6.07) is 13.1. The molecule has 0 fully saturated rings. The highest BCUT2D eigenvalue weighted by Gasteiger charge is 2.16. The largest absolute Gasteiger partial charge is 0.355 e. The van der Waals surface area contributed by atoms with E-state index >= 15 is 0 Å². The van der Waals surface area contributed by atoms with Gasteiger partial charge in [-0.15, -0.1) is 0 Å². The second kappa shape index (κ2) is 7.31. The Morgan fingerprint density at radius 2 is 1.72 bits per heavy atom. The molecular weight excluding hydrogens is 371 g/mol. The average Bonchev–Trinajstić information content (AvgIpc) is 3.02. The fourth-order valence-corrected chi connectivity index (χ4v) is 3.14. The third-order valence-corrected chi connectivity index (χ3v) is 4.59. The highest BCUT2D eigenvalue weighted by atomic mass is 19.1. The van der Waals surface area contributed by atoms with Gasteiger partial charge in [0, 0.05) is 30.9 Å². The lowest BCUT2D eigenvalue weighted by molar-refractivity contribution is 0.0963. The van der Waals surface area contributed by atoms with E-state index in [0.717, 1.165) is 16.9 Å². The van der Waals surface area contributed by atoms with Gasteiger partial charge in [0.25, 0.3) is 5.91 Å². The number of rotatable bonds is 4. The summed E-state index contributed by atoms with van der Waals surface area (Å²) in [4.78, 5) is 21.0. The summed E-state index contributed by atoms with van der Waals surface area (Å²) in [5.74, 6) is 0.576. The third kappa shape index (κ3) is 3.52. The number of nitrogens with zero attached hydrogens (tertiary/aromatic N) is 4. The maximum atomic E-state index is 13.3. The van der Waals surface area contributed by atoms with E-state index in [-0.39, 0.29) is 11.7 Å². The number of carbonyl (C=O) groups is 1. The topological polar surface area (TPSA) is 84.7 Å². The lowest BCUT2D eigenvalue weighted by Crippen LogP contribution is -2.17. The van der Waals surface area contributed by atoms with Crippen molar-refractivity contribution in [3.8, 4) is 11.4 Å². The van der Waals surface area contributed by atoms with Crippen LogP contribution in [0.5, 0.6) is 0 Å². The predicted molar refractivity (Wildman–Crippen MR) is 110 cm³/mol. The Bertz CT molecular complexity index is 1200. The van der Waals surface area contributed by atoms with Gasteiger partial charge in [-0.25, -0.2) is 14.4 Å². The maximum absolute atomic E-state index is 13.3. The van der Waals surface area contributed by atoms with Gasteiger partial charge in [0.2, 0.25) is 0 Å². The molecule has 2 aromatic heterocycles. The SMILES string of the molecule is CNC(=O)c1ccc(Nc2nc(-c3ccc(F)cc3)nc3c(C)nn(C)c23)cc1. The molecule has 0 aliphatic carbocycles. The maximum Gasteiger partial charge on any atom is 0.251 e. The van der Waals surface area contributed by atoms with Gasteiger partial charge in [0.15, 0.2) is 11.6 Å². The number of nitrogens with one attached hydrogen (secondary N) is 2. The van der Waals surface area contributed by atoms with Gasteiger partial charge in [0.05, 0.1) is 5.69 Å². The van der Waals surface area contributed by atoms with Gasteiger partial charge in [-0.2, -0.15) is 5.10 Å². The molecule has 2 N–H and O–H groups in total. The lowest BCUT2D eigenvalue weighted by atomic mass is 10.2. The smallest absolute Gasteiger partial charge is 0.251 e. The van der Waals surface area contributed by atoms with Crippen LogP contribution in [-0.4, -0.2) is 32.7 Å². The third-order valence-electron chi connectivity index (χ3n) is 4.59. The quantitative estimate of drug-likeness (QED) is 0.556. The average molecular weight is 390 g/mol. The fraction of sp³-hybridized carbons (Fsp3) is 0.143. The number of aryl methyl sites for hydroxylation is 2. The van der Waals surface area contributed by atoms with Gasteiger partial charge in [0.1, 0.15) is 16.9 Å². The molecule has 0 bridgehead atoms. The number of halogens is 1. The van der Waals surface area contributed by atoms with Gasteiger partial charge in [-0.3, -0.25) is 9.48 Å². The van der Waals surface area contributed by atoms with Gasteiger partial charge >= 0.3 is 0 Å². The van der Waals surface area contributed by atoms with Crippen molar-refractivity contribution in [1.29, 1.82) is 0 Å². The zero-order valence-corrected chi connectivity index (χ0v) is 16.2. The number of aromatic nitrogens is 4. The van der Waals surface area contributed by atoms with Crippen molar-refractivity contribution in [3.63, 3.8) is 0 Å². The molecule has 7 nitrogen and oxygen atoms in total. The number of hydrogen-bond donors (Lipinski definition) is 2. The van der Waals surface area contributed by atoms with E-state index in [2.05, 4.69) is 25.7 Å². The van der Waals surface area contributed by atoms with Crippen LogP contribution in [0.4, 0.5) is 15.9 Å². The van der Waals surface area contributed by atoms with Gasteiger partial charge in [-0.05, 0) is 55.5 Å². The van der Waals surface area contributed by atoms with Crippen LogP contribution in [0.1, 0.15) is 16.1 Å². The van der Waals surface area contributed by atoms with Crippen molar-refractivity contribution in [3.05, 3.63) is 65.6 Å². The molecule has 8 heteroatoms. The first-order valence-electron chi connectivity index (χ1n) is 9.02. The molecule has 2 aromatic carbocycles. The zero-order chi connectivity index (χ0) is 20.5. The Morgan fingerprint density at radius 1 is 1.03 bits per heavy atom. The molecule has 1 amide bonds. The number of carbonyl (C=O) groups excluding carboxylic acids is 1. The Labute approximate surface area is 166 Å². The molecular formula is C21H19FN6O. The van der Waals surface area contributed by atoms with Crippen molar-refractivity contribution < 1.29 is 9.18 Å². The second-order valence-electron chi connectivity index (χ2n) is 6.59. The molecule has 0 radical (unpaired) electrons. The standard InChI is InChI=1S/C21H19FN6O/c1-12-17-18(28(3)27-12)20(24-16-10-6-14(7-11-16)21(29)23-2)26-19(25-17)13-4-8-15(22)9-5-13/h4-11H,1-3H3,(H,23,29)(H,24,25,26). The molecule has 0 aliphatic heterocycles. The van der Waals surface area contributed by atoms with Gasteiger partial charge in [-0.1, -0.05) is 0 Å². The number of anilines is 2. The van der Waals surface area contributed by atoms with E-state index in [0.29, 0.717) is 28.3 Å². The van der Waals surface area contributed by atoms with E-state index in [4.69, 9.17) is 0 Å². The summed E-state index contributed by atoms with van der Waals surface area (Å²) in [6.45, 7) is 1.88. The molecule has 0 unspecified atom stereocenters. The van der Waals surface area contributed by atoms with Crippen LogP contribution in [0.25, 0.3) is 22.4 Å². The highest BCUT2D eigenvalue weighted by molar-refractivity contribution is 5.95. The van der Waals surface area contributed by atoms with Crippen LogP contribution in [0.15, 0.2) is 48.5 Å². The predicted octanol–water partition coefficient (Wildman–Crippen LogP) is 3.58. The van der Waals surface area contributed by atoms with Crippen LogP contribution in [-0.2, 0) is 7.05 Å². The molecule has 2 heterocycles. The molecule has 4 rings (SSSR count). The Hall–Kier alpha value is -3.81. The minimum absolute atomic E-state index is 0.151. The molecule has 29 heavy (non-hydrogen) atoms. The molecule has 0 atom stereocenters. The van der Waals surface area contributed by atoms with Crippen LogP contribution >= 0.6 is 0 Å². The number of amides is 1. The van der Waals surface area contributed by atoms with Crippen molar-refractivity contribution in [2.24, 2.45) is 7.05 Å². The summed E-state index contributed by atoms with van der Waals surface area (Å²) < 4.78 is 15.0. The van der Waals surface area contributed by atoms with Crippen LogP contribution in [0.2, 0.25) is 0 Å². The Morgan fingerprint density at radius 3 is 2.38 bits per heavy atom. The molecule has 4 aromatic rings. The Kier molecular flexibility index (Phi) is 4.67. The molecule has 0 spiro atoms.